The summed E-state index contributed by atoms with van der Waals surface area (Å²) in [5, 5.41) is 0.803. The molecule has 2 heterocycles. The van der Waals surface area contributed by atoms with Crippen molar-refractivity contribution in [3.05, 3.63) is 74.6 Å². The lowest BCUT2D eigenvalue weighted by Gasteiger charge is -2.20. The summed E-state index contributed by atoms with van der Waals surface area (Å²) in [5.74, 6) is 0.409. The van der Waals surface area contributed by atoms with Crippen molar-refractivity contribution >= 4 is 28.5 Å². The largest absolute Gasteiger partial charge is 0.497 e. The molecule has 1 atom stereocenters. The molecule has 5 nitrogen and oxygen atoms in total. The van der Waals surface area contributed by atoms with Gasteiger partial charge >= 0.3 is 0 Å². The molecule has 0 spiro atoms. The fourth-order valence-electron chi connectivity index (χ4n) is 3.26. The first kappa shape index (κ1) is 15.7. The number of hydrogen-bond acceptors (Lipinski definition) is 4. The van der Waals surface area contributed by atoms with Gasteiger partial charge in [-0.2, -0.15) is 0 Å². The average molecular weight is 356 g/mol. The Morgan fingerprint density at radius 1 is 1.16 bits per heavy atom. The molecular formula is C19H14ClNO4. The number of fused-ring (bicyclic) bond motifs is 2. The highest BCUT2D eigenvalue weighted by Gasteiger charge is 2.40. The second-order valence-corrected chi connectivity index (χ2v) is 6.35. The minimum atomic E-state index is -0.530. The number of nitrogens with zero attached hydrogens (tertiary/aromatic N) is 1. The van der Waals surface area contributed by atoms with Gasteiger partial charge < -0.3 is 14.1 Å². The average Bonchev–Trinajstić information content (AvgIpc) is 2.87. The Morgan fingerprint density at radius 2 is 1.96 bits per heavy atom. The normalized spacial score (nSPS) is 16.4. The molecule has 0 bridgehead atoms. The van der Waals surface area contributed by atoms with E-state index in [1.807, 2.05) is 24.3 Å². The summed E-state index contributed by atoms with van der Waals surface area (Å²) < 4.78 is 11.0. The molecule has 1 aliphatic heterocycles. The van der Waals surface area contributed by atoms with Gasteiger partial charge in [0.1, 0.15) is 11.3 Å². The zero-order valence-corrected chi connectivity index (χ0v) is 14.3. The second-order valence-electron chi connectivity index (χ2n) is 5.91. The van der Waals surface area contributed by atoms with Crippen molar-refractivity contribution in [2.75, 3.05) is 14.2 Å². The number of ether oxygens (including phenoxy) is 1. The minimum absolute atomic E-state index is 0.0788. The lowest BCUT2D eigenvalue weighted by Crippen LogP contribution is -2.25. The zero-order chi connectivity index (χ0) is 17.7. The summed E-state index contributed by atoms with van der Waals surface area (Å²) in [7, 11) is 3.22. The molecule has 1 amide bonds. The third kappa shape index (κ3) is 2.31. The molecular weight excluding hydrogens is 342 g/mol. The molecule has 0 aliphatic carbocycles. The van der Waals surface area contributed by atoms with Crippen molar-refractivity contribution in [3.63, 3.8) is 0 Å². The lowest BCUT2D eigenvalue weighted by atomic mass is 9.98. The molecule has 2 aromatic carbocycles. The monoisotopic (exact) mass is 355 g/mol. The van der Waals surface area contributed by atoms with Crippen LogP contribution in [0, 0.1) is 0 Å². The van der Waals surface area contributed by atoms with Crippen molar-refractivity contribution in [3.8, 4) is 5.75 Å². The maximum absolute atomic E-state index is 13.1. The molecule has 0 unspecified atom stereocenters. The van der Waals surface area contributed by atoms with Crippen molar-refractivity contribution < 1.29 is 13.9 Å². The van der Waals surface area contributed by atoms with Gasteiger partial charge in [-0.15, -0.1) is 0 Å². The molecule has 0 saturated carbocycles. The molecule has 0 N–H and O–H groups in total. The van der Waals surface area contributed by atoms with Crippen LogP contribution in [0.2, 0.25) is 5.02 Å². The van der Waals surface area contributed by atoms with Crippen LogP contribution in [0.4, 0.5) is 0 Å². The fraction of sp³-hybridized carbons (Fsp3) is 0.158. The molecule has 1 aromatic heterocycles. The predicted molar refractivity (Wildman–Crippen MR) is 94.4 cm³/mol. The van der Waals surface area contributed by atoms with Crippen molar-refractivity contribution in [2.45, 2.75) is 6.04 Å². The number of halogens is 1. The number of rotatable bonds is 2. The highest BCUT2D eigenvalue weighted by atomic mass is 35.5. The van der Waals surface area contributed by atoms with E-state index in [0.717, 1.165) is 5.56 Å². The van der Waals surface area contributed by atoms with E-state index in [1.165, 1.54) is 4.90 Å². The van der Waals surface area contributed by atoms with Crippen LogP contribution in [0.25, 0.3) is 11.0 Å². The van der Waals surface area contributed by atoms with E-state index in [2.05, 4.69) is 0 Å². The Labute approximate surface area is 148 Å². The number of hydrogen-bond donors (Lipinski definition) is 0. The van der Waals surface area contributed by atoms with Gasteiger partial charge in [-0.05, 0) is 35.9 Å². The summed E-state index contributed by atoms with van der Waals surface area (Å²) in [6, 6.07) is 11.6. The second kappa shape index (κ2) is 5.63. The standard InChI is InChI=1S/C19H14ClNO4/c1-21-16(10-4-3-5-12(8-10)24-2)15-17(22)13-9-11(20)6-7-14(13)25-18(15)19(21)23/h3-9,16H,1-2H3/t16-/m0/s1. The van der Waals surface area contributed by atoms with Crippen LogP contribution in [-0.2, 0) is 0 Å². The first-order chi connectivity index (χ1) is 12.0. The van der Waals surface area contributed by atoms with Gasteiger partial charge in [0, 0.05) is 12.1 Å². The highest BCUT2D eigenvalue weighted by Crippen LogP contribution is 2.38. The van der Waals surface area contributed by atoms with Gasteiger partial charge in [0.05, 0.1) is 24.1 Å². The van der Waals surface area contributed by atoms with Gasteiger partial charge in [-0.3, -0.25) is 9.59 Å². The zero-order valence-electron chi connectivity index (χ0n) is 13.6. The Hall–Kier alpha value is -2.79. The maximum atomic E-state index is 13.1. The van der Waals surface area contributed by atoms with Crippen LogP contribution in [0.3, 0.4) is 0 Å². The number of benzene rings is 2. The SMILES string of the molecule is COc1cccc([C@H]2c3c(oc4ccc(Cl)cc4c3=O)C(=O)N2C)c1. The quantitative estimate of drug-likeness (QED) is 0.704. The molecule has 1 aliphatic rings. The first-order valence-electron chi connectivity index (χ1n) is 7.68. The van der Waals surface area contributed by atoms with Gasteiger partial charge in [-0.1, -0.05) is 23.7 Å². The minimum Gasteiger partial charge on any atom is -0.497 e. The Morgan fingerprint density at radius 3 is 2.72 bits per heavy atom. The van der Waals surface area contributed by atoms with E-state index in [4.69, 9.17) is 20.8 Å². The Bertz CT molecular complexity index is 1070. The molecule has 4 rings (SSSR count). The van der Waals surface area contributed by atoms with Crippen LogP contribution in [-0.4, -0.2) is 25.0 Å². The third-order valence-corrected chi connectivity index (χ3v) is 4.71. The Balaban J connectivity index is 2.01. The lowest BCUT2D eigenvalue weighted by molar-refractivity contribution is 0.0771. The van der Waals surface area contributed by atoms with Crippen molar-refractivity contribution in [1.82, 2.24) is 4.90 Å². The van der Waals surface area contributed by atoms with E-state index in [1.54, 1.807) is 32.4 Å². The summed E-state index contributed by atoms with van der Waals surface area (Å²) in [6.45, 7) is 0. The molecule has 25 heavy (non-hydrogen) atoms. The number of carbonyl (C=O) groups excluding carboxylic acids is 1. The molecule has 0 saturated heterocycles. The molecule has 0 radical (unpaired) electrons. The molecule has 126 valence electrons. The van der Waals surface area contributed by atoms with Crippen molar-refractivity contribution in [1.29, 1.82) is 0 Å². The van der Waals surface area contributed by atoms with E-state index in [0.29, 0.717) is 27.3 Å². The molecule has 6 heteroatoms. The number of amides is 1. The van der Waals surface area contributed by atoms with E-state index in [9.17, 15) is 9.59 Å². The molecule has 3 aromatic rings. The van der Waals surface area contributed by atoms with E-state index >= 15 is 0 Å². The van der Waals surface area contributed by atoms with Crippen LogP contribution in [0.15, 0.2) is 51.7 Å². The molecule has 0 fully saturated rings. The van der Waals surface area contributed by atoms with Crippen LogP contribution < -0.4 is 10.2 Å². The van der Waals surface area contributed by atoms with Crippen LogP contribution in [0.1, 0.15) is 27.7 Å². The van der Waals surface area contributed by atoms with Gasteiger partial charge in [0.2, 0.25) is 5.76 Å². The summed E-state index contributed by atoms with van der Waals surface area (Å²) in [5.41, 5.74) is 1.21. The third-order valence-electron chi connectivity index (χ3n) is 4.47. The van der Waals surface area contributed by atoms with Crippen molar-refractivity contribution in [2.24, 2.45) is 0 Å². The number of carbonyl (C=O) groups is 1. The Kier molecular flexibility index (Phi) is 3.54. The van der Waals surface area contributed by atoms with Crippen LogP contribution in [0.5, 0.6) is 5.75 Å². The van der Waals surface area contributed by atoms with Crippen LogP contribution >= 0.6 is 11.6 Å². The van der Waals surface area contributed by atoms with Gasteiger partial charge in [0.15, 0.2) is 5.43 Å². The van der Waals surface area contributed by atoms with E-state index < -0.39 is 6.04 Å². The maximum Gasteiger partial charge on any atom is 0.290 e. The summed E-state index contributed by atoms with van der Waals surface area (Å²) >= 11 is 6.02. The van der Waals surface area contributed by atoms with Gasteiger partial charge in [-0.25, -0.2) is 0 Å². The highest BCUT2D eigenvalue weighted by molar-refractivity contribution is 6.31. The smallest absolute Gasteiger partial charge is 0.290 e. The summed E-state index contributed by atoms with van der Waals surface area (Å²) in [4.78, 5) is 27.2. The predicted octanol–water partition coefficient (Wildman–Crippen LogP) is 3.63. The first-order valence-corrected chi connectivity index (χ1v) is 8.06. The van der Waals surface area contributed by atoms with E-state index in [-0.39, 0.29) is 17.1 Å². The fourth-order valence-corrected chi connectivity index (χ4v) is 3.43. The van der Waals surface area contributed by atoms with Gasteiger partial charge in [0.25, 0.3) is 5.91 Å². The summed E-state index contributed by atoms with van der Waals surface area (Å²) in [6.07, 6.45) is 0. The topological polar surface area (TPSA) is 59.8 Å². The number of methoxy groups -OCH3 is 1.